The van der Waals surface area contributed by atoms with Crippen LogP contribution < -0.4 is 5.32 Å². The number of halogens is 3. The average molecular weight is 343 g/mol. The zero-order chi connectivity index (χ0) is 13.8. The second kappa shape index (κ2) is 6.51. The first-order chi connectivity index (χ1) is 9.15. The number of hydrogen-bond donors (Lipinski definition) is 1. The van der Waals surface area contributed by atoms with Crippen molar-refractivity contribution < 1.29 is 4.39 Å². The van der Waals surface area contributed by atoms with Crippen LogP contribution in [-0.2, 0) is 0 Å². The first kappa shape index (κ1) is 14.5. The van der Waals surface area contributed by atoms with Gasteiger partial charge in [-0.1, -0.05) is 54.9 Å². The van der Waals surface area contributed by atoms with Gasteiger partial charge < -0.3 is 5.32 Å². The lowest BCUT2D eigenvalue weighted by Gasteiger charge is -2.20. The first-order valence-corrected chi connectivity index (χ1v) is 7.24. The van der Waals surface area contributed by atoms with Gasteiger partial charge in [-0.25, -0.2) is 4.39 Å². The van der Waals surface area contributed by atoms with Gasteiger partial charge in [0.1, 0.15) is 5.82 Å². The van der Waals surface area contributed by atoms with Gasteiger partial charge in [-0.3, -0.25) is 0 Å². The number of hydrogen-bond acceptors (Lipinski definition) is 1. The van der Waals surface area contributed by atoms with E-state index >= 15 is 0 Å². The van der Waals surface area contributed by atoms with E-state index in [4.69, 9.17) is 11.6 Å². The van der Waals surface area contributed by atoms with Gasteiger partial charge in [0.2, 0.25) is 0 Å². The third-order valence-electron chi connectivity index (χ3n) is 2.92. The van der Waals surface area contributed by atoms with E-state index in [1.807, 2.05) is 37.3 Å². The molecule has 1 N–H and O–H groups in total. The Hall–Kier alpha value is -0.900. The van der Waals surface area contributed by atoms with Gasteiger partial charge in [-0.05, 0) is 34.1 Å². The Morgan fingerprint density at radius 1 is 1.21 bits per heavy atom. The lowest BCUT2D eigenvalue weighted by molar-refractivity contribution is 0.559. The topological polar surface area (TPSA) is 12.0 Å². The SMILES string of the molecule is CCNC(c1ccccc1)c1ccc(Br)c(Cl)c1F. The van der Waals surface area contributed by atoms with Crippen molar-refractivity contribution in [1.29, 1.82) is 0 Å². The van der Waals surface area contributed by atoms with Crippen molar-refractivity contribution in [3.05, 3.63) is 68.9 Å². The standard InChI is InChI=1S/C15H14BrClFN/c1-2-19-15(10-6-4-3-5-7-10)11-8-9-12(16)13(17)14(11)18/h3-9,15,19H,2H2,1H3. The Kier molecular flexibility index (Phi) is 4.97. The summed E-state index contributed by atoms with van der Waals surface area (Å²) in [6.07, 6.45) is 0. The molecule has 4 heteroatoms. The number of rotatable bonds is 4. The summed E-state index contributed by atoms with van der Waals surface area (Å²) < 4.78 is 14.9. The van der Waals surface area contributed by atoms with Crippen LogP contribution in [0.25, 0.3) is 0 Å². The molecule has 1 unspecified atom stereocenters. The second-order valence-corrected chi connectivity index (χ2v) is 5.40. The van der Waals surface area contributed by atoms with E-state index in [9.17, 15) is 4.39 Å². The summed E-state index contributed by atoms with van der Waals surface area (Å²) in [5, 5.41) is 3.41. The molecule has 19 heavy (non-hydrogen) atoms. The normalized spacial score (nSPS) is 12.4. The molecule has 100 valence electrons. The number of benzene rings is 2. The largest absolute Gasteiger partial charge is 0.306 e. The van der Waals surface area contributed by atoms with Crippen molar-refractivity contribution >= 4 is 27.5 Å². The number of nitrogens with one attached hydrogen (secondary N) is 1. The molecular formula is C15H14BrClFN. The molecule has 2 aromatic rings. The maximum Gasteiger partial charge on any atom is 0.148 e. The van der Waals surface area contributed by atoms with Gasteiger partial charge in [0.25, 0.3) is 0 Å². The molecule has 0 aliphatic heterocycles. The van der Waals surface area contributed by atoms with Gasteiger partial charge in [0.05, 0.1) is 11.1 Å². The average Bonchev–Trinajstić information content (AvgIpc) is 2.44. The Balaban J connectivity index is 2.49. The fraction of sp³-hybridized carbons (Fsp3) is 0.200. The van der Waals surface area contributed by atoms with Crippen LogP contribution in [0.15, 0.2) is 46.9 Å². The highest BCUT2D eigenvalue weighted by atomic mass is 79.9. The molecule has 0 radical (unpaired) electrons. The minimum atomic E-state index is -0.383. The molecule has 0 aliphatic rings. The molecular weight excluding hydrogens is 329 g/mol. The van der Waals surface area contributed by atoms with Gasteiger partial charge >= 0.3 is 0 Å². The molecule has 0 fully saturated rings. The van der Waals surface area contributed by atoms with Crippen LogP contribution in [0.4, 0.5) is 4.39 Å². The summed E-state index contributed by atoms with van der Waals surface area (Å²) in [4.78, 5) is 0. The monoisotopic (exact) mass is 341 g/mol. The van der Waals surface area contributed by atoms with Gasteiger partial charge in [0, 0.05) is 10.0 Å². The lowest BCUT2D eigenvalue weighted by Crippen LogP contribution is -2.23. The zero-order valence-corrected chi connectivity index (χ0v) is 12.8. The maximum atomic E-state index is 14.3. The van der Waals surface area contributed by atoms with Crippen molar-refractivity contribution in [3.63, 3.8) is 0 Å². The smallest absolute Gasteiger partial charge is 0.148 e. The molecule has 1 atom stereocenters. The summed E-state index contributed by atoms with van der Waals surface area (Å²) in [7, 11) is 0. The highest BCUT2D eigenvalue weighted by Gasteiger charge is 2.19. The molecule has 0 amide bonds. The van der Waals surface area contributed by atoms with Crippen molar-refractivity contribution in [1.82, 2.24) is 5.32 Å². The van der Waals surface area contributed by atoms with Crippen LogP contribution in [0.5, 0.6) is 0 Å². The molecule has 2 aromatic carbocycles. The fourth-order valence-corrected chi connectivity index (χ4v) is 2.50. The quantitative estimate of drug-likeness (QED) is 0.776. The van der Waals surface area contributed by atoms with Crippen LogP contribution in [0.3, 0.4) is 0 Å². The Labute approximate surface area is 125 Å². The summed E-state index contributed by atoms with van der Waals surface area (Å²) in [5.74, 6) is -0.383. The van der Waals surface area contributed by atoms with Crippen LogP contribution >= 0.6 is 27.5 Å². The third-order valence-corrected chi connectivity index (χ3v) is 4.18. The molecule has 0 aromatic heterocycles. The fourth-order valence-electron chi connectivity index (χ4n) is 2.02. The molecule has 0 spiro atoms. The van der Waals surface area contributed by atoms with Crippen LogP contribution in [0.1, 0.15) is 24.1 Å². The zero-order valence-electron chi connectivity index (χ0n) is 10.5. The van der Waals surface area contributed by atoms with Crippen molar-refractivity contribution in [2.45, 2.75) is 13.0 Å². The molecule has 0 aliphatic carbocycles. The molecule has 0 saturated heterocycles. The minimum Gasteiger partial charge on any atom is -0.306 e. The van der Waals surface area contributed by atoms with Gasteiger partial charge in [-0.15, -0.1) is 0 Å². The molecule has 2 rings (SSSR count). The van der Waals surface area contributed by atoms with E-state index in [1.54, 1.807) is 12.1 Å². The van der Waals surface area contributed by atoms with E-state index in [2.05, 4.69) is 21.2 Å². The van der Waals surface area contributed by atoms with E-state index in [0.29, 0.717) is 10.0 Å². The third kappa shape index (κ3) is 3.16. The molecule has 0 heterocycles. The summed E-state index contributed by atoms with van der Waals surface area (Å²) >= 11 is 9.20. The minimum absolute atomic E-state index is 0.122. The lowest BCUT2D eigenvalue weighted by atomic mass is 9.98. The van der Waals surface area contributed by atoms with Crippen LogP contribution in [0, 0.1) is 5.82 Å². The Morgan fingerprint density at radius 3 is 2.53 bits per heavy atom. The molecule has 0 bridgehead atoms. The van der Waals surface area contributed by atoms with Crippen molar-refractivity contribution in [2.75, 3.05) is 6.54 Å². The summed E-state index contributed by atoms with van der Waals surface area (Å²) in [6, 6.07) is 13.1. The summed E-state index contributed by atoms with van der Waals surface area (Å²) in [6.45, 7) is 2.74. The Bertz CT molecular complexity index is 560. The second-order valence-electron chi connectivity index (χ2n) is 4.17. The molecule has 1 nitrogen and oxygen atoms in total. The molecule has 0 saturated carbocycles. The highest BCUT2D eigenvalue weighted by Crippen LogP contribution is 2.32. The van der Waals surface area contributed by atoms with Gasteiger partial charge in [-0.2, -0.15) is 0 Å². The van der Waals surface area contributed by atoms with Crippen LogP contribution in [-0.4, -0.2) is 6.54 Å². The van der Waals surface area contributed by atoms with Crippen molar-refractivity contribution in [2.24, 2.45) is 0 Å². The summed E-state index contributed by atoms with van der Waals surface area (Å²) in [5.41, 5.74) is 1.57. The van der Waals surface area contributed by atoms with Crippen molar-refractivity contribution in [3.8, 4) is 0 Å². The Morgan fingerprint density at radius 2 is 1.89 bits per heavy atom. The van der Waals surface area contributed by atoms with E-state index in [1.165, 1.54) is 0 Å². The predicted octanol–water partition coefficient (Wildman–Crippen LogP) is 4.94. The van der Waals surface area contributed by atoms with E-state index in [0.717, 1.165) is 12.1 Å². The predicted molar refractivity (Wildman–Crippen MR) is 81.1 cm³/mol. The first-order valence-electron chi connectivity index (χ1n) is 6.06. The highest BCUT2D eigenvalue weighted by molar-refractivity contribution is 9.10. The van der Waals surface area contributed by atoms with E-state index in [-0.39, 0.29) is 16.9 Å². The maximum absolute atomic E-state index is 14.3. The van der Waals surface area contributed by atoms with E-state index < -0.39 is 0 Å². The van der Waals surface area contributed by atoms with Gasteiger partial charge in [0.15, 0.2) is 0 Å². The van der Waals surface area contributed by atoms with Crippen LogP contribution in [0.2, 0.25) is 5.02 Å².